The van der Waals surface area contributed by atoms with Gasteiger partial charge < -0.3 is 9.64 Å². The molecule has 0 bridgehead atoms. The summed E-state index contributed by atoms with van der Waals surface area (Å²) in [5.41, 5.74) is 4.20. The Morgan fingerprint density at radius 1 is 1.03 bits per heavy atom. The summed E-state index contributed by atoms with van der Waals surface area (Å²) in [5.74, 6) is 0.970. The third-order valence-corrected chi connectivity index (χ3v) is 6.23. The number of carbonyl (C=O) groups excluding carboxylic acids is 1. The van der Waals surface area contributed by atoms with E-state index in [4.69, 9.17) is 9.72 Å². The molecule has 0 aliphatic carbocycles. The lowest BCUT2D eigenvalue weighted by Crippen LogP contribution is -2.46. The number of hydrogen-bond acceptors (Lipinski definition) is 6. The summed E-state index contributed by atoms with van der Waals surface area (Å²) >= 11 is 1.69. The van der Waals surface area contributed by atoms with Crippen LogP contribution in [0.1, 0.15) is 23.0 Å². The van der Waals surface area contributed by atoms with Gasteiger partial charge in [-0.2, -0.15) is 0 Å². The standard InChI is InChI=1S/C23H25N3O2S/c1-17(27)18-3-7-21(8-4-18)26-13-11-25(12-14-26)15-20-16-29-23(24-20)19-5-9-22(28-2)10-6-19/h3-10,16H,11-15H2,1-2H3. The van der Waals surface area contributed by atoms with Crippen LogP contribution in [0, 0.1) is 0 Å². The fourth-order valence-corrected chi connectivity index (χ4v) is 4.36. The molecule has 1 aromatic heterocycles. The molecule has 0 saturated carbocycles. The highest BCUT2D eigenvalue weighted by atomic mass is 32.1. The average Bonchev–Trinajstić information content (AvgIpc) is 3.23. The Morgan fingerprint density at radius 3 is 2.34 bits per heavy atom. The summed E-state index contributed by atoms with van der Waals surface area (Å²) in [6, 6.07) is 16.0. The largest absolute Gasteiger partial charge is 0.497 e. The Kier molecular flexibility index (Phi) is 5.92. The number of carbonyl (C=O) groups is 1. The molecule has 0 atom stereocenters. The van der Waals surface area contributed by atoms with Crippen LogP contribution in [0.5, 0.6) is 5.75 Å². The van der Waals surface area contributed by atoms with Gasteiger partial charge in [0.15, 0.2) is 5.78 Å². The van der Waals surface area contributed by atoms with Gasteiger partial charge in [-0.25, -0.2) is 4.98 Å². The second-order valence-corrected chi connectivity index (χ2v) is 8.10. The number of benzene rings is 2. The van der Waals surface area contributed by atoms with Gasteiger partial charge in [-0.1, -0.05) is 0 Å². The van der Waals surface area contributed by atoms with Gasteiger partial charge in [0.25, 0.3) is 0 Å². The number of thiazole rings is 1. The van der Waals surface area contributed by atoms with E-state index in [2.05, 4.69) is 27.3 Å². The lowest BCUT2D eigenvalue weighted by atomic mass is 10.1. The van der Waals surface area contributed by atoms with Crippen molar-refractivity contribution in [2.24, 2.45) is 0 Å². The van der Waals surface area contributed by atoms with Gasteiger partial charge in [0, 0.05) is 54.9 Å². The Bertz CT molecular complexity index is 959. The molecule has 2 heterocycles. The molecule has 4 rings (SSSR count). The third kappa shape index (κ3) is 4.66. The summed E-state index contributed by atoms with van der Waals surface area (Å²) in [6.07, 6.45) is 0. The maximum absolute atomic E-state index is 11.4. The number of methoxy groups -OCH3 is 1. The number of nitrogens with zero attached hydrogens (tertiary/aromatic N) is 3. The van der Waals surface area contributed by atoms with E-state index in [9.17, 15) is 4.79 Å². The Balaban J connectivity index is 1.32. The molecule has 1 fully saturated rings. The molecule has 0 unspecified atom stereocenters. The molecule has 0 amide bonds. The zero-order valence-electron chi connectivity index (χ0n) is 16.8. The Hall–Kier alpha value is -2.70. The van der Waals surface area contributed by atoms with Crippen LogP contribution in [-0.4, -0.2) is 49.0 Å². The minimum atomic E-state index is 0.110. The number of anilines is 1. The molecule has 2 aromatic carbocycles. The van der Waals surface area contributed by atoms with Crippen LogP contribution in [0.25, 0.3) is 10.6 Å². The summed E-state index contributed by atoms with van der Waals surface area (Å²) in [6.45, 7) is 6.45. The number of hydrogen-bond donors (Lipinski definition) is 0. The van der Waals surface area contributed by atoms with Crippen molar-refractivity contribution in [1.82, 2.24) is 9.88 Å². The van der Waals surface area contributed by atoms with Crippen LogP contribution in [0.4, 0.5) is 5.69 Å². The highest BCUT2D eigenvalue weighted by Crippen LogP contribution is 2.26. The van der Waals surface area contributed by atoms with Crippen LogP contribution in [-0.2, 0) is 6.54 Å². The van der Waals surface area contributed by atoms with E-state index >= 15 is 0 Å². The van der Waals surface area contributed by atoms with E-state index in [0.717, 1.165) is 60.3 Å². The van der Waals surface area contributed by atoms with Crippen LogP contribution in [0.15, 0.2) is 53.9 Å². The van der Waals surface area contributed by atoms with Gasteiger partial charge in [0.05, 0.1) is 12.8 Å². The zero-order valence-corrected chi connectivity index (χ0v) is 17.6. The first-order chi connectivity index (χ1) is 14.1. The smallest absolute Gasteiger partial charge is 0.159 e. The minimum Gasteiger partial charge on any atom is -0.497 e. The zero-order chi connectivity index (χ0) is 20.2. The van der Waals surface area contributed by atoms with E-state index in [1.54, 1.807) is 25.4 Å². The second-order valence-electron chi connectivity index (χ2n) is 7.24. The van der Waals surface area contributed by atoms with E-state index in [0.29, 0.717) is 0 Å². The van der Waals surface area contributed by atoms with Crippen molar-refractivity contribution >= 4 is 22.8 Å². The predicted octanol–water partition coefficient (Wildman–Crippen LogP) is 4.34. The van der Waals surface area contributed by atoms with Gasteiger partial charge in [0.2, 0.25) is 0 Å². The lowest BCUT2D eigenvalue weighted by Gasteiger charge is -2.35. The first-order valence-corrected chi connectivity index (χ1v) is 10.7. The van der Waals surface area contributed by atoms with Gasteiger partial charge >= 0.3 is 0 Å². The van der Waals surface area contributed by atoms with Crippen LogP contribution >= 0.6 is 11.3 Å². The van der Waals surface area contributed by atoms with E-state index in [1.165, 1.54) is 5.69 Å². The molecule has 1 saturated heterocycles. The average molecular weight is 408 g/mol. The van der Waals surface area contributed by atoms with Crippen LogP contribution in [0.3, 0.4) is 0 Å². The number of Topliss-reactive ketones (excluding diaryl/α,β-unsaturated/α-hetero) is 1. The molecule has 0 radical (unpaired) electrons. The lowest BCUT2D eigenvalue weighted by molar-refractivity contribution is 0.101. The maximum Gasteiger partial charge on any atom is 0.159 e. The van der Waals surface area contributed by atoms with Crippen molar-refractivity contribution in [3.8, 4) is 16.3 Å². The number of aromatic nitrogens is 1. The van der Waals surface area contributed by atoms with Crippen molar-refractivity contribution in [1.29, 1.82) is 0 Å². The molecular formula is C23H25N3O2S. The molecule has 29 heavy (non-hydrogen) atoms. The molecule has 1 aliphatic heterocycles. The van der Waals surface area contributed by atoms with Crippen molar-refractivity contribution in [2.75, 3.05) is 38.2 Å². The fourth-order valence-electron chi connectivity index (χ4n) is 3.55. The molecule has 0 spiro atoms. The summed E-state index contributed by atoms with van der Waals surface area (Å²) in [4.78, 5) is 21.1. The fraction of sp³-hybridized carbons (Fsp3) is 0.304. The minimum absolute atomic E-state index is 0.110. The van der Waals surface area contributed by atoms with Gasteiger partial charge in [0.1, 0.15) is 10.8 Å². The number of rotatable bonds is 6. The predicted molar refractivity (Wildman–Crippen MR) is 118 cm³/mol. The number of piperazine rings is 1. The van der Waals surface area contributed by atoms with Crippen molar-refractivity contribution in [2.45, 2.75) is 13.5 Å². The Morgan fingerprint density at radius 2 is 1.72 bits per heavy atom. The highest BCUT2D eigenvalue weighted by molar-refractivity contribution is 7.13. The summed E-state index contributed by atoms with van der Waals surface area (Å²) in [5, 5.41) is 3.21. The second kappa shape index (κ2) is 8.76. The molecule has 1 aliphatic rings. The summed E-state index contributed by atoms with van der Waals surface area (Å²) < 4.78 is 5.22. The normalized spacial score (nSPS) is 14.8. The Labute approximate surface area is 175 Å². The molecular weight excluding hydrogens is 382 g/mol. The quantitative estimate of drug-likeness (QED) is 0.569. The van der Waals surface area contributed by atoms with Crippen LogP contribution < -0.4 is 9.64 Å². The monoisotopic (exact) mass is 407 g/mol. The first-order valence-electron chi connectivity index (χ1n) is 9.79. The molecule has 0 N–H and O–H groups in total. The topological polar surface area (TPSA) is 45.7 Å². The van der Waals surface area contributed by atoms with E-state index < -0.39 is 0 Å². The van der Waals surface area contributed by atoms with Crippen LogP contribution in [0.2, 0.25) is 0 Å². The summed E-state index contributed by atoms with van der Waals surface area (Å²) in [7, 11) is 1.68. The van der Waals surface area contributed by atoms with Gasteiger partial charge in [-0.3, -0.25) is 9.69 Å². The molecule has 3 aromatic rings. The molecule has 150 valence electrons. The number of ether oxygens (including phenoxy) is 1. The van der Waals surface area contributed by atoms with Crippen molar-refractivity contribution < 1.29 is 9.53 Å². The van der Waals surface area contributed by atoms with Crippen molar-refractivity contribution in [3.05, 3.63) is 65.2 Å². The maximum atomic E-state index is 11.4. The first kappa shape index (κ1) is 19.6. The SMILES string of the molecule is COc1ccc(-c2nc(CN3CCN(c4ccc(C(C)=O)cc4)CC3)cs2)cc1. The van der Waals surface area contributed by atoms with Gasteiger partial charge in [-0.05, 0) is 55.5 Å². The van der Waals surface area contributed by atoms with E-state index in [1.807, 2.05) is 36.4 Å². The third-order valence-electron chi connectivity index (χ3n) is 5.29. The highest BCUT2D eigenvalue weighted by Gasteiger charge is 2.18. The van der Waals surface area contributed by atoms with Gasteiger partial charge in [-0.15, -0.1) is 11.3 Å². The molecule has 6 heteroatoms. The van der Waals surface area contributed by atoms with E-state index in [-0.39, 0.29) is 5.78 Å². The van der Waals surface area contributed by atoms with Crippen molar-refractivity contribution in [3.63, 3.8) is 0 Å². The molecule has 5 nitrogen and oxygen atoms in total. The number of ketones is 1.